The lowest BCUT2D eigenvalue weighted by atomic mass is 9.99. The van der Waals surface area contributed by atoms with E-state index in [4.69, 9.17) is 4.98 Å². The van der Waals surface area contributed by atoms with E-state index >= 15 is 0 Å². The molecule has 3 aromatic carbocycles. The molecule has 5 nitrogen and oxygen atoms in total. The molecule has 0 radical (unpaired) electrons. The number of pyridine rings is 1. The van der Waals surface area contributed by atoms with Crippen LogP contribution in [0.15, 0.2) is 100 Å². The SMILES string of the molecule is N#Cc1c(-c2ccccc2)cc(-c2ccccc2)nc1SCCS(=O)(=O)c1nc2ccccc2s1. The number of hydrogen-bond donors (Lipinski definition) is 0. The first-order valence-corrected chi connectivity index (χ1v) is 14.3. The molecule has 0 bridgehead atoms. The Bertz CT molecular complexity index is 1610. The Hall–Kier alpha value is -3.51. The number of sulfone groups is 1. The molecule has 0 saturated carbocycles. The quantitative estimate of drug-likeness (QED) is 0.232. The Balaban J connectivity index is 1.47. The zero-order valence-corrected chi connectivity index (χ0v) is 20.9. The zero-order chi connectivity index (χ0) is 24.3. The van der Waals surface area contributed by atoms with E-state index in [1.807, 2.05) is 91.0 Å². The van der Waals surface area contributed by atoms with Gasteiger partial charge in [-0.1, -0.05) is 72.8 Å². The van der Waals surface area contributed by atoms with E-state index in [1.165, 1.54) is 23.1 Å². The van der Waals surface area contributed by atoms with Gasteiger partial charge in [0.2, 0.25) is 14.2 Å². The lowest BCUT2D eigenvalue weighted by Gasteiger charge is -2.12. The predicted molar refractivity (Wildman–Crippen MR) is 142 cm³/mol. The third kappa shape index (κ3) is 4.98. The second kappa shape index (κ2) is 10.0. The number of nitriles is 1. The smallest absolute Gasteiger partial charge is 0.210 e. The monoisotopic (exact) mass is 513 g/mol. The summed E-state index contributed by atoms with van der Waals surface area (Å²) < 4.78 is 26.9. The fourth-order valence-corrected chi connectivity index (χ4v) is 7.66. The highest BCUT2D eigenvalue weighted by Gasteiger charge is 2.21. The number of benzene rings is 3. The fourth-order valence-electron chi connectivity index (χ4n) is 3.66. The highest BCUT2D eigenvalue weighted by molar-refractivity contribution is 8.01. The van der Waals surface area contributed by atoms with Crippen molar-refractivity contribution in [1.82, 2.24) is 9.97 Å². The van der Waals surface area contributed by atoms with Gasteiger partial charge in [-0.05, 0) is 23.8 Å². The first-order valence-electron chi connectivity index (χ1n) is 10.8. The van der Waals surface area contributed by atoms with Crippen LogP contribution in [0.2, 0.25) is 0 Å². The van der Waals surface area contributed by atoms with Gasteiger partial charge in [0.1, 0.15) is 11.1 Å². The summed E-state index contributed by atoms with van der Waals surface area (Å²) in [6.45, 7) is 0. The average molecular weight is 514 g/mol. The van der Waals surface area contributed by atoms with Gasteiger partial charge in [0, 0.05) is 16.9 Å². The second-order valence-electron chi connectivity index (χ2n) is 7.69. The summed E-state index contributed by atoms with van der Waals surface area (Å²) in [5, 5.41) is 10.5. The Morgan fingerprint density at radius 3 is 2.20 bits per heavy atom. The number of thiazole rings is 1. The summed E-state index contributed by atoms with van der Waals surface area (Å²) in [5.41, 5.74) is 4.47. The molecule has 0 aliphatic carbocycles. The maximum Gasteiger partial charge on any atom is 0.210 e. The van der Waals surface area contributed by atoms with Crippen molar-refractivity contribution in [2.75, 3.05) is 11.5 Å². The first-order chi connectivity index (χ1) is 17.0. The summed E-state index contributed by atoms with van der Waals surface area (Å²) >= 11 is 2.46. The molecule has 5 aromatic rings. The Kier molecular flexibility index (Phi) is 6.64. The summed E-state index contributed by atoms with van der Waals surface area (Å²) in [6, 6.07) is 31.0. The lowest BCUT2D eigenvalue weighted by molar-refractivity contribution is 0.597. The maximum absolute atomic E-state index is 13.0. The summed E-state index contributed by atoms with van der Waals surface area (Å²) in [7, 11) is -3.56. The van der Waals surface area contributed by atoms with E-state index in [0.29, 0.717) is 16.1 Å². The molecule has 0 unspecified atom stereocenters. The normalized spacial score (nSPS) is 11.4. The third-order valence-corrected chi connectivity index (χ3v) is 9.83. The molecule has 0 amide bonds. The average Bonchev–Trinajstić information content (AvgIpc) is 3.35. The van der Waals surface area contributed by atoms with Crippen LogP contribution in [0.3, 0.4) is 0 Å². The highest BCUT2D eigenvalue weighted by Crippen LogP contribution is 2.34. The number of nitrogens with zero attached hydrogens (tertiary/aromatic N) is 3. The lowest BCUT2D eigenvalue weighted by Crippen LogP contribution is -2.09. The van der Waals surface area contributed by atoms with Gasteiger partial charge in [-0.2, -0.15) is 5.26 Å². The van der Waals surface area contributed by atoms with Crippen LogP contribution in [0.5, 0.6) is 0 Å². The topological polar surface area (TPSA) is 83.7 Å². The number of hydrogen-bond acceptors (Lipinski definition) is 7. The predicted octanol–water partition coefficient (Wildman–Crippen LogP) is 6.46. The molecule has 0 fully saturated rings. The molecular weight excluding hydrogens is 495 g/mol. The summed E-state index contributed by atoms with van der Waals surface area (Å²) in [6.07, 6.45) is 0. The van der Waals surface area contributed by atoms with Crippen molar-refractivity contribution in [2.24, 2.45) is 0 Å². The standard InChI is InChI=1S/C27H19N3O2S3/c28-18-22-21(19-9-3-1-4-10-19)17-24(20-11-5-2-6-12-20)29-26(22)33-15-16-35(31,32)27-30-23-13-7-8-14-25(23)34-27/h1-14,17H,15-16H2. The van der Waals surface area contributed by atoms with Crippen LogP contribution < -0.4 is 0 Å². The largest absolute Gasteiger partial charge is 0.240 e. The number of thioether (sulfide) groups is 1. The molecule has 5 rings (SSSR count). The van der Waals surface area contributed by atoms with Crippen LogP contribution in [0, 0.1) is 11.3 Å². The molecule has 0 aliphatic heterocycles. The van der Waals surface area contributed by atoms with Crippen molar-refractivity contribution in [3.8, 4) is 28.5 Å². The van der Waals surface area contributed by atoms with E-state index in [0.717, 1.165) is 27.1 Å². The molecule has 0 spiro atoms. The molecule has 0 N–H and O–H groups in total. The number of fused-ring (bicyclic) bond motifs is 1. The molecule has 0 saturated heterocycles. The van der Waals surface area contributed by atoms with E-state index in [9.17, 15) is 13.7 Å². The van der Waals surface area contributed by atoms with Gasteiger partial charge in [0.05, 0.1) is 27.2 Å². The van der Waals surface area contributed by atoms with Gasteiger partial charge in [0.25, 0.3) is 0 Å². The van der Waals surface area contributed by atoms with E-state index in [2.05, 4.69) is 11.1 Å². The van der Waals surface area contributed by atoms with Crippen molar-refractivity contribution in [2.45, 2.75) is 9.37 Å². The third-order valence-electron chi connectivity index (χ3n) is 5.38. The molecule has 2 heterocycles. The van der Waals surface area contributed by atoms with Crippen LogP contribution in [-0.2, 0) is 9.84 Å². The fraction of sp³-hybridized carbons (Fsp3) is 0.0741. The van der Waals surface area contributed by atoms with Gasteiger partial charge in [-0.3, -0.25) is 0 Å². The number of para-hydroxylation sites is 1. The van der Waals surface area contributed by atoms with Crippen LogP contribution in [0.4, 0.5) is 0 Å². The van der Waals surface area contributed by atoms with Crippen molar-refractivity contribution in [3.05, 3.63) is 96.6 Å². The number of aromatic nitrogens is 2. The van der Waals surface area contributed by atoms with Crippen LogP contribution in [0.25, 0.3) is 32.6 Å². The van der Waals surface area contributed by atoms with Gasteiger partial charge >= 0.3 is 0 Å². The molecule has 8 heteroatoms. The van der Waals surface area contributed by atoms with Crippen molar-refractivity contribution >= 4 is 43.2 Å². The molecule has 2 aromatic heterocycles. The number of rotatable bonds is 7. The maximum atomic E-state index is 13.0. The van der Waals surface area contributed by atoms with Gasteiger partial charge < -0.3 is 0 Å². The summed E-state index contributed by atoms with van der Waals surface area (Å²) in [5.74, 6) is 0.159. The molecule has 0 atom stereocenters. The molecular formula is C27H19N3O2S3. The Morgan fingerprint density at radius 1 is 0.857 bits per heavy atom. The van der Waals surface area contributed by atoms with Gasteiger partial charge in [-0.15, -0.1) is 23.1 Å². The van der Waals surface area contributed by atoms with Crippen LogP contribution in [-0.4, -0.2) is 29.9 Å². The highest BCUT2D eigenvalue weighted by atomic mass is 32.2. The first kappa shape index (κ1) is 23.2. The van der Waals surface area contributed by atoms with Crippen molar-refractivity contribution < 1.29 is 8.42 Å². The van der Waals surface area contributed by atoms with Crippen LogP contribution >= 0.6 is 23.1 Å². The van der Waals surface area contributed by atoms with E-state index in [1.54, 1.807) is 0 Å². The Labute approximate surface area is 212 Å². The van der Waals surface area contributed by atoms with E-state index < -0.39 is 9.84 Å². The van der Waals surface area contributed by atoms with E-state index in [-0.39, 0.29) is 15.8 Å². The van der Waals surface area contributed by atoms with Gasteiger partial charge in [-0.25, -0.2) is 18.4 Å². The molecule has 0 aliphatic rings. The minimum Gasteiger partial charge on any atom is -0.240 e. The van der Waals surface area contributed by atoms with Gasteiger partial charge in [0.15, 0.2) is 0 Å². The second-order valence-corrected chi connectivity index (χ2v) is 12.1. The minimum absolute atomic E-state index is 0.0970. The van der Waals surface area contributed by atoms with Crippen molar-refractivity contribution in [3.63, 3.8) is 0 Å². The molecule has 172 valence electrons. The molecule has 35 heavy (non-hydrogen) atoms. The summed E-state index contributed by atoms with van der Waals surface area (Å²) in [4.78, 5) is 9.06. The zero-order valence-electron chi connectivity index (χ0n) is 18.5. The minimum atomic E-state index is -3.56. The van der Waals surface area contributed by atoms with Crippen molar-refractivity contribution in [1.29, 1.82) is 5.26 Å². The van der Waals surface area contributed by atoms with Crippen LogP contribution in [0.1, 0.15) is 5.56 Å². The Morgan fingerprint density at radius 2 is 1.51 bits per heavy atom.